The Bertz CT molecular complexity index is 968. The summed E-state index contributed by atoms with van der Waals surface area (Å²) in [4.78, 5) is 36.6. The van der Waals surface area contributed by atoms with E-state index in [-0.39, 0.29) is 31.2 Å². The number of nitrogens with one attached hydrogen (secondary N) is 2. The molecule has 1 aromatic carbocycles. The van der Waals surface area contributed by atoms with Gasteiger partial charge in [-0.2, -0.15) is 0 Å². The van der Waals surface area contributed by atoms with E-state index < -0.39 is 23.4 Å². The van der Waals surface area contributed by atoms with E-state index in [2.05, 4.69) is 10.6 Å². The first-order valence-electron chi connectivity index (χ1n) is 12.6. The highest BCUT2D eigenvalue weighted by Crippen LogP contribution is 2.32. The summed E-state index contributed by atoms with van der Waals surface area (Å²) in [7, 11) is 0. The van der Waals surface area contributed by atoms with Gasteiger partial charge in [0.05, 0.1) is 13.2 Å². The summed E-state index contributed by atoms with van der Waals surface area (Å²) in [6.45, 7) is 5.18. The topological polar surface area (TPSA) is 87.7 Å². The number of aryl methyl sites for hydroxylation is 1. The third-order valence-corrected chi connectivity index (χ3v) is 7.50. The van der Waals surface area contributed by atoms with Gasteiger partial charge in [-0.1, -0.05) is 6.07 Å². The zero-order chi connectivity index (χ0) is 25.2. The van der Waals surface area contributed by atoms with Crippen LogP contribution in [0, 0.1) is 12.7 Å². The molecule has 7 nitrogen and oxygen atoms in total. The lowest BCUT2D eigenvalue weighted by Gasteiger charge is -2.35. The van der Waals surface area contributed by atoms with Gasteiger partial charge in [-0.25, -0.2) is 8.78 Å². The molecule has 3 aliphatic heterocycles. The predicted molar refractivity (Wildman–Crippen MR) is 126 cm³/mol. The Morgan fingerprint density at radius 3 is 2.51 bits per heavy atom. The van der Waals surface area contributed by atoms with E-state index in [0.717, 1.165) is 32.5 Å². The highest BCUT2D eigenvalue weighted by Gasteiger charge is 2.40. The number of fused-ring (bicyclic) bond motifs is 1. The van der Waals surface area contributed by atoms with Gasteiger partial charge >= 0.3 is 0 Å². The Hall–Kier alpha value is -2.39. The van der Waals surface area contributed by atoms with Gasteiger partial charge in [0.1, 0.15) is 17.5 Å². The van der Waals surface area contributed by atoms with E-state index in [4.69, 9.17) is 4.74 Å². The van der Waals surface area contributed by atoms with Crippen LogP contribution in [-0.4, -0.2) is 59.6 Å². The minimum atomic E-state index is -0.915. The van der Waals surface area contributed by atoms with Gasteiger partial charge in [0, 0.05) is 36.2 Å². The quantitative estimate of drug-likeness (QED) is 0.634. The fraction of sp³-hybridized carbons (Fsp3) is 0.654. The van der Waals surface area contributed by atoms with Crippen LogP contribution >= 0.6 is 0 Å². The molecule has 3 heterocycles. The van der Waals surface area contributed by atoms with E-state index in [1.54, 1.807) is 26.0 Å². The van der Waals surface area contributed by atoms with Crippen molar-refractivity contribution in [3.63, 3.8) is 0 Å². The van der Waals surface area contributed by atoms with Crippen molar-refractivity contribution in [2.45, 2.75) is 95.6 Å². The van der Waals surface area contributed by atoms with E-state index >= 15 is 0 Å². The molecular formula is C26H35F2N3O4. The molecule has 2 unspecified atom stereocenters. The zero-order valence-corrected chi connectivity index (χ0v) is 20.5. The SMILES string of the molecule is CC1(F)CCC(NC2CCCOC2)CC1.Cc1ccc2c(c1F)CN(C1CCC(=O)NC1=O)C2=O. The van der Waals surface area contributed by atoms with Gasteiger partial charge in [0.25, 0.3) is 5.91 Å². The number of carbonyl (C=O) groups is 3. The average molecular weight is 492 g/mol. The van der Waals surface area contributed by atoms with Crippen LogP contribution in [-0.2, 0) is 20.9 Å². The molecular weight excluding hydrogens is 456 g/mol. The van der Waals surface area contributed by atoms with Gasteiger partial charge < -0.3 is 15.0 Å². The molecule has 0 aromatic heterocycles. The minimum Gasteiger partial charge on any atom is -0.380 e. The van der Waals surface area contributed by atoms with Crippen molar-refractivity contribution in [1.29, 1.82) is 0 Å². The first kappa shape index (κ1) is 25.7. The molecule has 35 heavy (non-hydrogen) atoms. The number of amides is 3. The normalized spacial score (nSPS) is 30.9. The molecule has 3 fully saturated rings. The van der Waals surface area contributed by atoms with Crippen molar-refractivity contribution < 1.29 is 27.9 Å². The summed E-state index contributed by atoms with van der Waals surface area (Å²) in [5, 5.41) is 5.82. The number of hydrogen-bond donors (Lipinski definition) is 2. The summed E-state index contributed by atoms with van der Waals surface area (Å²) >= 11 is 0. The molecule has 1 aromatic rings. The number of ether oxygens (including phenoxy) is 1. The molecule has 1 aliphatic carbocycles. The largest absolute Gasteiger partial charge is 0.380 e. The summed E-state index contributed by atoms with van der Waals surface area (Å²) in [5.74, 6) is -1.57. The fourth-order valence-corrected chi connectivity index (χ4v) is 5.31. The highest BCUT2D eigenvalue weighted by molar-refractivity contribution is 6.05. The van der Waals surface area contributed by atoms with Crippen LogP contribution in [0.1, 0.15) is 79.8 Å². The molecule has 192 valence electrons. The van der Waals surface area contributed by atoms with Crippen LogP contribution in [0.3, 0.4) is 0 Å². The van der Waals surface area contributed by atoms with Crippen LogP contribution in [0.5, 0.6) is 0 Å². The first-order chi connectivity index (χ1) is 16.6. The van der Waals surface area contributed by atoms with Crippen molar-refractivity contribution in [3.05, 3.63) is 34.6 Å². The second kappa shape index (κ2) is 10.7. The van der Waals surface area contributed by atoms with Crippen LogP contribution in [0.25, 0.3) is 0 Å². The number of benzene rings is 1. The lowest BCUT2D eigenvalue weighted by Crippen LogP contribution is -2.52. The highest BCUT2D eigenvalue weighted by atomic mass is 19.1. The van der Waals surface area contributed by atoms with E-state index in [0.29, 0.717) is 41.6 Å². The van der Waals surface area contributed by atoms with E-state index in [1.165, 1.54) is 11.3 Å². The Labute approximate surface area is 205 Å². The van der Waals surface area contributed by atoms with Gasteiger partial charge in [0.15, 0.2) is 0 Å². The van der Waals surface area contributed by atoms with Crippen molar-refractivity contribution in [1.82, 2.24) is 15.5 Å². The summed E-state index contributed by atoms with van der Waals surface area (Å²) in [6, 6.07) is 3.46. The van der Waals surface area contributed by atoms with Crippen LogP contribution in [0.4, 0.5) is 8.78 Å². The molecule has 4 aliphatic rings. The fourth-order valence-electron chi connectivity index (χ4n) is 5.31. The Morgan fingerprint density at radius 2 is 1.86 bits per heavy atom. The van der Waals surface area contributed by atoms with Crippen molar-refractivity contribution in [2.24, 2.45) is 0 Å². The Morgan fingerprint density at radius 1 is 1.11 bits per heavy atom. The molecule has 0 bridgehead atoms. The Balaban J connectivity index is 0.000000172. The summed E-state index contributed by atoms with van der Waals surface area (Å²) in [5.41, 5.74) is 0.195. The zero-order valence-electron chi connectivity index (χ0n) is 20.5. The maximum Gasteiger partial charge on any atom is 0.255 e. The number of nitrogens with zero attached hydrogens (tertiary/aromatic N) is 1. The maximum absolute atomic E-state index is 14.0. The number of piperidine rings is 1. The lowest BCUT2D eigenvalue weighted by atomic mass is 9.84. The number of alkyl halides is 1. The smallest absolute Gasteiger partial charge is 0.255 e. The molecule has 2 atom stereocenters. The average Bonchev–Trinajstić information content (AvgIpc) is 3.16. The Kier molecular flexibility index (Phi) is 7.86. The molecule has 9 heteroatoms. The van der Waals surface area contributed by atoms with Gasteiger partial charge in [-0.15, -0.1) is 0 Å². The number of imide groups is 1. The van der Waals surface area contributed by atoms with Gasteiger partial charge in [-0.3, -0.25) is 19.7 Å². The monoisotopic (exact) mass is 491 g/mol. The standard InChI is InChI=1S/C14H13FN2O3.C12H22FNO/c1-7-2-3-8-9(12(7)15)6-17(14(8)20)10-4-5-11(18)16-13(10)19;1-12(13)6-4-10(5-7-12)14-11-3-2-8-15-9-11/h2-3,10H,4-6H2,1H3,(H,16,18,19);10-11,14H,2-9H2,1H3. The summed E-state index contributed by atoms with van der Waals surface area (Å²) < 4.78 is 33.0. The number of carbonyl (C=O) groups excluding carboxylic acids is 3. The first-order valence-corrected chi connectivity index (χ1v) is 12.6. The predicted octanol–water partition coefficient (Wildman–Crippen LogP) is 3.32. The van der Waals surface area contributed by atoms with Gasteiger partial charge in [0.2, 0.25) is 11.8 Å². The number of halogens is 2. The third kappa shape index (κ3) is 6.06. The van der Waals surface area contributed by atoms with Crippen molar-refractivity contribution >= 4 is 17.7 Å². The molecule has 1 saturated carbocycles. The van der Waals surface area contributed by atoms with Crippen molar-refractivity contribution in [3.8, 4) is 0 Å². The van der Waals surface area contributed by atoms with Crippen LogP contribution in [0.15, 0.2) is 12.1 Å². The number of hydrogen-bond acceptors (Lipinski definition) is 5. The van der Waals surface area contributed by atoms with Crippen molar-refractivity contribution in [2.75, 3.05) is 13.2 Å². The minimum absolute atomic E-state index is 0.0773. The van der Waals surface area contributed by atoms with E-state index in [9.17, 15) is 23.2 Å². The van der Waals surface area contributed by atoms with Gasteiger partial charge in [-0.05, 0) is 70.4 Å². The summed E-state index contributed by atoms with van der Waals surface area (Å²) in [6.07, 6.45) is 6.21. The number of rotatable bonds is 3. The molecule has 0 radical (unpaired) electrons. The van der Waals surface area contributed by atoms with E-state index in [1.807, 2.05) is 0 Å². The second-order valence-electron chi connectivity index (χ2n) is 10.4. The third-order valence-electron chi connectivity index (χ3n) is 7.50. The molecule has 5 rings (SSSR count). The lowest BCUT2D eigenvalue weighted by molar-refractivity contribution is -0.136. The molecule has 3 amide bonds. The molecule has 2 N–H and O–H groups in total. The van der Waals surface area contributed by atoms with Crippen LogP contribution in [0.2, 0.25) is 0 Å². The molecule has 0 spiro atoms. The molecule has 2 saturated heterocycles. The second-order valence-corrected chi connectivity index (χ2v) is 10.4. The maximum atomic E-state index is 14.0. The van der Waals surface area contributed by atoms with Crippen LogP contribution < -0.4 is 10.6 Å².